The van der Waals surface area contributed by atoms with Crippen LogP contribution in [0.1, 0.15) is 32.6 Å². The van der Waals surface area contributed by atoms with Crippen LogP contribution in [0.2, 0.25) is 0 Å². The molecule has 0 saturated heterocycles. The minimum absolute atomic E-state index is 0.0113. The van der Waals surface area contributed by atoms with Gasteiger partial charge in [-0.25, -0.2) is 0 Å². The molecule has 74 valence electrons. The van der Waals surface area contributed by atoms with Gasteiger partial charge in [-0.2, -0.15) is 0 Å². The predicted molar refractivity (Wildman–Crippen MR) is 53.2 cm³/mol. The molecule has 0 bridgehead atoms. The number of nitrogens with one attached hydrogen (secondary N) is 1. The summed E-state index contributed by atoms with van der Waals surface area (Å²) < 4.78 is 0. The van der Waals surface area contributed by atoms with Crippen LogP contribution in [0.5, 0.6) is 0 Å². The summed E-state index contributed by atoms with van der Waals surface area (Å²) in [7, 11) is 0. The number of carbonyl (C=O) groups excluding carboxylic acids is 1. The molecule has 1 unspecified atom stereocenters. The molecule has 0 heterocycles. The molecule has 0 fully saturated rings. The van der Waals surface area contributed by atoms with Crippen molar-refractivity contribution in [3.8, 4) is 0 Å². The molecule has 13 heavy (non-hydrogen) atoms. The van der Waals surface area contributed by atoms with Gasteiger partial charge in [0.2, 0.25) is 5.91 Å². The summed E-state index contributed by atoms with van der Waals surface area (Å²) >= 11 is 0. The molecule has 0 aromatic rings. The van der Waals surface area contributed by atoms with Gasteiger partial charge in [0, 0.05) is 6.04 Å². The van der Waals surface area contributed by atoms with Gasteiger partial charge < -0.3 is 11.1 Å². The van der Waals surface area contributed by atoms with Gasteiger partial charge in [-0.05, 0) is 25.7 Å². The van der Waals surface area contributed by atoms with Crippen molar-refractivity contribution in [2.45, 2.75) is 44.7 Å². The Labute approximate surface area is 79.4 Å². The molecule has 2 atom stereocenters. The highest BCUT2D eigenvalue weighted by molar-refractivity contribution is 5.81. The molecule has 0 aromatic heterocycles. The lowest BCUT2D eigenvalue weighted by molar-refractivity contribution is -0.123. The fourth-order valence-corrected chi connectivity index (χ4v) is 1.42. The van der Waals surface area contributed by atoms with Gasteiger partial charge in [0.15, 0.2) is 0 Å². The van der Waals surface area contributed by atoms with Crippen LogP contribution in [0, 0.1) is 0 Å². The maximum atomic E-state index is 11.4. The third-order valence-electron chi connectivity index (χ3n) is 2.39. The predicted octanol–water partition coefficient (Wildman–Crippen LogP) is 0.949. The van der Waals surface area contributed by atoms with Crippen molar-refractivity contribution in [3.63, 3.8) is 0 Å². The Balaban J connectivity index is 2.31. The summed E-state index contributed by atoms with van der Waals surface area (Å²) in [6.07, 6.45) is 8.02. The summed E-state index contributed by atoms with van der Waals surface area (Å²) in [5, 5.41) is 2.95. The number of amides is 1. The Hall–Kier alpha value is -0.830. The highest BCUT2D eigenvalue weighted by Gasteiger charge is 2.16. The van der Waals surface area contributed by atoms with Crippen molar-refractivity contribution < 1.29 is 4.79 Å². The molecule has 1 aliphatic rings. The van der Waals surface area contributed by atoms with Gasteiger partial charge in [-0.15, -0.1) is 0 Å². The average molecular weight is 182 g/mol. The van der Waals surface area contributed by atoms with Crippen molar-refractivity contribution in [2.75, 3.05) is 0 Å². The van der Waals surface area contributed by atoms with E-state index in [1.165, 1.54) is 0 Å². The van der Waals surface area contributed by atoms with Gasteiger partial charge in [0.05, 0.1) is 6.04 Å². The standard InChI is InChI=1S/C10H18N2O/c1-2-9(11)10(13)12-8-6-4-3-5-7-8/h3-4,8-9H,2,5-7,11H2,1H3,(H,12,13)/t8?,9-/m0/s1. The first-order valence-corrected chi connectivity index (χ1v) is 4.95. The van der Waals surface area contributed by atoms with Crippen LogP contribution in [-0.2, 0) is 4.79 Å². The first kappa shape index (κ1) is 10.3. The van der Waals surface area contributed by atoms with Crippen LogP contribution >= 0.6 is 0 Å². The maximum Gasteiger partial charge on any atom is 0.237 e. The van der Waals surface area contributed by atoms with Crippen molar-refractivity contribution in [1.29, 1.82) is 0 Å². The molecule has 0 saturated carbocycles. The third kappa shape index (κ3) is 3.19. The molecule has 0 radical (unpaired) electrons. The van der Waals surface area contributed by atoms with Gasteiger partial charge in [-0.1, -0.05) is 19.1 Å². The average Bonchev–Trinajstić information content (AvgIpc) is 2.18. The second-order valence-corrected chi connectivity index (χ2v) is 3.50. The number of carbonyl (C=O) groups is 1. The summed E-state index contributed by atoms with van der Waals surface area (Å²) in [6.45, 7) is 1.92. The first-order valence-electron chi connectivity index (χ1n) is 4.95. The van der Waals surface area contributed by atoms with Crippen molar-refractivity contribution in [2.24, 2.45) is 5.73 Å². The number of hydrogen-bond acceptors (Lipinski definition) is 2. The molecule has 0 aliphatic heterocycles. The largest absolute Gasteiger partial charge is 0.352 e. The normalized spacial score (nSPS) is 24.0. The lowest BCUT2D eigenvalue weighted by atomic mass is 10.0. The van der Waals surface area contributed by atoms with E-state index in [9.17, 15) is 4.79 Å². The van der Waals surface area contributed by atoms with Gasteiger partial charge in [0.1, 0.15) is 0 Å². The summed E-state index contributed by atoms with van der Waals surface area (Å²) in [5.74, 6) is -0.0113. The topological polar surface area (TPSA) is 55.1 Å². The highest BCUT2D eigenvalue weighted by Crippen LogP contribution is 2.10. The fraction of sp³-hybridized carbons (Fsp3) is 0.700. The Morgan fingerprint density at radius 1 is 1.69 bits per heavy atom. The summed E-state index contributed by atoms with van der Waals surface area (Å²) in [6, 6.07) is -0.0407. The van der Waals surface area contributed by atoms with Gasteiger partial charge >= 0.3 is 0 Å². The quantitative estimate of drug-likeness (QED) is 0.638. The van der Waals surface area contributed by atoms with E-state index in [2.05, 4.69) is 17.5 Å². The van der Waals surface area contributed by atoms with E-state index in [4.69, 9.17) is 5.73 Å². The monoisotopic (exact) mass is 182 g/mol. The van der Waals surface area contributed by atoms with E-state index in [1.54, 1.807) is 0 Å². The second kappa shape index (κ2) is 5.02. The first-order chi connectivity index (χ1) is 6.24. The van der Waals surface area contributed by atoms with Crippen LogP contribution in [0.3, 0.4) is 0 Å². The minimum Gasteiger partial charge on any atom is -0.352 e. The minimum atomic E-state index is -0.342. The van der Waals surface area contributed by atoms with Crippen molar-refractivity contribution >= 4 is 5.91 Å². The van der Waals surface area contributed by atoms with Crippen LogP contribution in [0.25, 0.3) is 0 Å². The summed E-state index contributed by atoms with van der Waals surface area (Å²) in [5.41, 5.74) is 5.60. The molecule has 0 aromatic carbocycles. The Kier molecular flexibility index (Phi) is 3.96. The van der Waals surface area contributed by atoms with Crippen molar-refractivity contribution in [3.05, 3.63) is 12.2 Å². The number of allylic oxidation sites excluding steroid dienone is 1. The second-order valence-electron chi connectivity index (χ2n) is 3.50. The lowest BCUT2D eigenvalue weighted by Crippen LogP contribution is -2.45. The van der Waals surface area contributed by atoms with E-state index in [0.717, 1.165) is 19.3 Å². The lowest BCUT2D eigenvalue weighted by Gasteiger charge is -2.21. The van der Waals surface area contributed by atoms with E-state index < -0.39 is 0 Å². The number of nitrogens with two attached hydrogens (primary N) is 1. The molecule has 3 heteroatoms. The molecule has 0 spiro atoms. The van der Waals surface area contributed by atoms with E-state index in [1.807, 2.05) is 6.92 Å². The fourth-order valence-electron chi connectivity index (χ4n) is 1.42. The molecule has 1 aliphatic carbocycles. The smallest absolute Gasteiger partial charge is 0.237 e. The molecule has 3 nitrogen and oxygen atoms in total. The van der Waals surface area contributed by atoms with E-state index >= 15 is 0 Å². The van der Waals surface area contributed by atoms with Crippen molar-refractivity contribution in [1.82, 2.24) is 5.32 Å². The van der Waals surface area contributed by atoms with Crippen LogP contribution in [-0.4, -0.2) is 18.0 Å². The van der Waals surface area contributed by atoms with E-state index in [0.29, 0.717) is 12.5 Å². The zero-order chi connectivity index (χ0) is 9.68. The Bertz CT molecular complexity index is 201. The molecule has 1 rings (SSSR count). The molecule has 1 amide bonds. The Morgan fingerprint density at radius 2 is 2.46 bits per heavy atom. The summed E-state index contributed by atoms with van der Waals surface area (Å²) in [4.78, 5) is 11.4. The maximum absolute atomic E-state index is 11.4. The Morgan fingerprint density at radius 3 is 3.00 bits per heavy atom. The van der Waals surface area contributed by atoms with Gasteiger partial charge in [0.25, 0.3) is 0 Å². The molecule has 3 N–H and O–H groups in total. The molecular formula is C10H18N2O. The van der Waals surface area contributed by atoms with Crippen LogP contribution in [0.15, 0.2) is 12.2 Å². The van der Waals surface area contributed by atoms with Crippen LogP contribution in [0.4, 0.5) is 0 Å². The third-order valence-corrected chi connectivity index (χ3v) is 2.39. The van der Waals surface area contributed by atoms with Crippen LogP contribution < -0.4 is 11.1 Å². The zero-order valence-electron chi connectivity index (χ0n) is 8.12. The zero-order valence-corrected chi connectivity index (χ0v) is 8.12. The van der Waals surface area contributed by atoms with E-state index in [-0.39, 0.29) is 11.9 Å². The van der Waals surface area contributed by atoms with Gasteiger partial charge in [-0.3, -0.25) is 4.79 Å². The number of hydrogen-bond donors (Lipinski definition) is 2. The number of rotatable bonds is 3. The highest BCUT2D eigenvalue weighted by atomic mass is 16.2. The molecular weight excluding hydrogens is 164 g/mol. The SMILES string of the molecule is CC[C@H](N)C(=O)NC1CC=CCC1.